The minimum absolute atomic E-state index is 0.333. The van der Waals surface area contributed by atoms with Crippen LogP contribution < -0.4 is 11.1 Å². The van der Waals surface area contributed by atoms with E-state index in [0.29, 0.717) is 19.2 Å². The van der Waals surface area contributed by atoms with Crippen LogP contribution in [-0.4, -0.2) is 26.3 Å². The zero-order valence-electron chi connectivity index (χ0n) is 10.3. The van der Waals surface area contributed by atoms with Crippen molar-refractivity contribution in [3.8, 4) is 0 Å². The van der Waals surface area contributed by atoms with Crippen LogP contribution in [-0.2, 0) is 11.3 Å². The minimum Gasteiger partial charge on any atom is -0.383 e. The first-order valence-electron chi connectivity index (χ1n) is 5.93. The van der Waals surface area contributed by atoms with Crippen molar-refractivity contribution in [1.29, 1.82) is 0 Å². The molecule has 3 nitrogen and oxygen atoms in total. The average Bonchev–Trinajstić information content (AvgIpc) is 2.34. The van der Waals surface area contributed by atoms with Crippen LogP contribution in [0.2, 0.25) is 5.02 Å². The number of hydrogen-bond donors (Lipinski definition) is 2. The Bertz CT molecular complexity index is 320. The summed E-state index contributed by atoms with van der Waals surface area (Å²) in [6.45, 7) is 2.18. The molecule has 0 bridgehead atoms. The molecule has 0 aliphatic rings. The van der Waals surface area contributed by atoms with Gasteiger partial charge in [0.15, 0.2) is 0 Å². The molecule has 0 radical (unpaired) electrons. The van der Waals surface area contributed by atoms with Gasteiger partial charge >= 0.3 is 0 Å². The molecule has 0 saturated heterocycles. The molecular weight excluding hydrogens is 236 g/mol. The van der Waals surface area contributed by atoms with Crippen LogP contribution in [0.3, 0.4) is 0 Å². The Morgan fingerprint density at radius 3 is 2.82 bits per heavy atom. The SMILES string of the molecule is COCC(CCCN)NCc1ccccc1Cl. The second-order valence-electron chi connectivity index (χ2n) is 4.06. The summed E-state index contributed by atoms with van der Waals surface area (Å²) in [4.78, 5) is 0. The number of nitrogens with one attached hydrogen (secondary N) is 1. The van der Waals surface area contributed by atoms with Gasteiger partial charge in [0.25, 0.3) is 0 Å². The predicted molar refractivity (Wildman–Crippen MR) is 72.2 cm³/mol. The zero-order valence-corrected chi connectivity index (χ0v) is 11.0. The summed E-state index contributed by atoms with van der Waals surface area (Å²) in [7, 11) is 1.71. The maximum atomic E-state index is 6.10. The standard InChI is InChI=1S/C13H21ClN2O/c1-17-10-12(6-4-8-15)16-9-11-5-2-3-7-13(11)14/h2-3,5,7,12,16H,4,6,8-10,15H2,1H3. The molecular formula is C13H21ClN2O. The van der Waals surface area contributed by atoms with E-state index in [2.05, 4.69) is 5.32 Å². The Morgan fingerprint density at radius 2 is 2.18 bits per heavy atom. The highest BCUT2D eigenvalue weighted by Crippen LogP contribution is 2.14. The maximum Gasteiger partial charge on any atom is 0.0615 e. The summed E-state index contributed by atoms with van der Waals surface area (Å²) in [5.74, 6) is 0. The fraction of sp³-hybridized carbons (Fsp3) is 0.538. The average molecular weight is 257 g/mol. The molecule has 0 spiro atoms. The highest BCUT2D eigenvalue weighted by atomic mass is 35.5. The summed E-state index contributed by atoms with van der Waals surface area (Å²) in [6.07, 6.45) is 2.03. The van der Waals surface area contributed by atoms with Crippen LogP contribution in [0.1, 0.15) is 18.4 Å². The summed E-state index contributed by atoms with van der Waals surface area (Å²) < 4.78 is 5.18. The first kappa shape index (κ1) is 14.5. The molecule has 0 heterocycles. The van der Waals surface area contributed by atoms with Crippen molar-refractivity contribution in [1.82, 2.24) is 5.32 Å². The van der Waals surface area contributed by atoms with E-state index in [9.17, 15) is 0 Å². The number of ether oxygens (including phenoxy) is 1. The van der Waals surface area contributed by atoms with Crippen LogP contribution in [0.4, 0.5) is 0 Å². The second-order valence-corrected chi connectivity index (χ2v) is 4.46. The number of rotatable bonds is 8. The summed E-state index contributed by atoms with van der Waals surface area (Å²) in [5, 5.41) is 4.25. The third-order valence-electron chi connectivity index (χ3n) is 2.66. The molecule has 17 heavy (non-hydrogen) atoms. The van der Waals surface area contributed by atoms with Crippen LogP contribution in [0.25, 0.3) is 0 Å². The number of benzene rings is 1. The number of halogens is 1. The van der Waals surface area contributed by atoms with Gasteiger partial charge in [-0.3, -0.25) is 0 Å². The lowest BCUT2D eigenvalue weighted by molar-refractivity contribution is 0.161. The van der Waals surface area contributed by atoms with Crippen LogP contribution in [0.5, 0.6) is 0 Å². The van der Waals surface area contributed by atoms with Gasteiger partial charge in [0, 0.05) is 24.7 Å². The minimum atomic E-state index is 0.333. The molecule has 1 unspecified atom stereocenters. The second kappa shape index (κ2) is 8.48. The Labute approximate surface area is 108 Å². The summed E-state index contributed by atoms with van der Waals surface area (Å²) >= 11 is 6.10. The Kier molecular flexibility index (Phi) is 7.21. The molecule has 0 aromatic heterocycles. The van der Waals surface area contributed by atoms with Crippen LogP contribution >= 0.6 is 11.6 Å². The maximum absolute atomic E-state index is 6.10. The fourth-order valence-corrected chi connectivity index (χ4v) is 1.91. The lowest BCUT2D eigenvalue weighted by atomic mass is 10.1. The van der Waals surface area contributed by atoms with Gasteiger partial charge in [-0.15, -0.1) is 0 Å². The highest BCUT2D eigenvalue weighted by Gasteiger charge is 2.08. The number of methoxy groups -OCH3 is 1. The molecule has 0 aliphatic carbocycles. The van der Waals surface area contributed by atoms with Gasteiger partial charge in [-0.2, -0.15) is 0 Å². The Morgan fingerprint density at radius 1 is 1.41 bits per heavy atom. The molecule has 0 fully saturated rings. The smallest absolute Gasteiger partial charge is 0.0615 e. The van der Waals surface area contributed by atoms with Crippen LogP contribution in [0, 0.1) is 0 Å². The van der Waals surface area contributed by atoms with Gasteiger partial charge in [-0.1, -0.05) is 29.8 Å². The van der Waals surface area contributed by atoms with E-state index < -0.39 is 0 Å². The number of nitrogens with two attached hydrogens (primary N) is 1. The van der Waals surface area contributed by atoms with E-state index in [-0.39, 0.29) is 0 Å². The first-order chi connectivity index (χ1) is 8.27. The lowest BCUT2D eigenvalue weighted by Crippen LogP contribution is -2.33. The van der Waals surface area contributed by atoms with E-state index in [1.54, 1.807) is 7.11 Å². The molecule has 1 aromatic carbocycles. The van der Waals surface area contributed by atoms with Crippen molar-refractivity contribution in [2.45, 2.75) is 25.4 Å². The van der Waals surface area contributed by atoms with E-state index in [4.69, 9.17) is 22.1 Å². The van der Waals surface area contributed by atoms with Crippen molar-refractivity contribution < 1.29 is 4.74 Å². The Hall–Kier alpha value is -0.610. The topological polar surface area (TPSA) is 47.3 Å². The molecule has 0 saturated carbocycles. The van der Waals surface area contributed by atoms with Crippen molar-refractivity contribution >= 4 is 11.6 Å². The third kappa shape index (κ3) is 5.50. The van der Waals surface area contributed by atoms with Crippen molar-refractivity contribution in [2.24, 2.45) is 5.73 Å². The summed E-state index contributed by atoms with van der Waals surface area (Å²) in [5.41, 5.74) is 6.63. The molecule has 4 heteroatoms. The molecule has 0 amide bonds. The van der Waals surface area contributed by atoms with Crippen LogP contribution in [0.15, 0.2) is 24.3 Å². The van der Waals surface area contributed by atoms with Gasteiger partial charge in [-0.05, 0) is 31.0 Å². The molecule has 0 aliphatic heterocycles. The fourth-order valence-electron chi connectivity index (χ4n) is 1.71. The van der Waals surface area contributed by atoms with E-state index in [1.165, 1.54) is 0 Å². The molecule has 3 N–H and O–H groups in total. The lowest BCUT2D eigenvalue weighted by Gasteiger charge is -2.18. The van der Waals surface area contributed by atoms with Gasteiger partial charge in [0.1, 0.15) is 0 Å². The number of hydrogen-bond acceptors (Lipinski definition) is 3. The molecule has 1 aromatic rings. The first-order valence-corrected chi connectivity index (χ1v) is 6.31. The monoisotopic (exact) mass is 256 g/mol. The normalized spacial score (nSPS) is 12.6. The molecule has 96 valence electrons. The van der Waals surface area contributed by atoms with E-state index >= 15 is 0 Å². The largest absolute Gasteiger partial charge is 0.383 e. The van der Waals surface area contributed by atoms with E-state index in [1.807, 2.05) is 24.3 Å². The highest BCUT2D eigenvalue weighted by molar-refractivity contribution is 6.31. The molecule has 1 rings (SSSR count). The van der Waals surface area contributed by atoms with Gasteiger partial charge < -0.3 is 15.8 Å². The zero-order chi connectivity index (χ0) is 12.5. The van der Waals surface area contributed by atoms with Gasteiger partial charge in [-0.25, -0.2) is 0 Å². The van der Waals surface area contributed by atoms with Crippen molar-refractivity contribution in [3.63, 3.8) is 0 Å². The third-order valence-corrected chi connectivity index (χ3v) is 3.03. The quantitative estimate of drug-likeness (QED) is 0.750. The van der Waals surface area contributed by atoms with Gasteiger partial charge in [0.05, 0.1) is 6.61 Å². The Balaban J connectivity index is 2.42. The van der Waals surface area contributed by atoms with Crippen molar-refractivity contribution in [2.75, 3.05) is 20.3 Å². The van der Waals surface area contributed by atoms with Gasteiger partial charge in [0.2, 0.25) is 0 Å². The predicted octanol–water partition coefficient (Wildman–Crippen LogP) is 2.18. The summed E-state index contributed by atoms with van der Waals surface area (Å²) in [6, 6.07) is 8.20. The van der Waals surface area contributed by atoms with Crippen molar-refractivity contribution in [3.05, 3.63) is 34.9 Å². The molecule has 1 atom stereocenters. The van der Waals surface area contributed by atoms with E-state index in [0.717, 1.165) is 30.0 Å².